The maximum absolute atomic E-state index is 15.1. The highest BCUT2D eigenvalue weighted by molar-refractivity contribution is 5.83. The Balaban J connectivity index is 1.20. The second-order valence-electron chi connectivity index (χ2n) is 12.2. The largest absolute Gasteiger partial charge is 0.326 e. The molecule has 2 saturated heterocycles. The molecule has 10 heteroatoms. The predicted octanol–water partition coefficient (Wildman–Crippen LogP) is 6.20. The number of aromatic nitrogens is 4. The van der Waals surface area contributed by atoms with Gasteiger partial charge in [0.25, 0.3) is 0 Å². The fourth-order valence-corrected chi connectivity index (χ4v) is 7.22. The Morgan fingerprint density at radius 1 is 1.02 bits per heavy atom. The topological polar surface area (TPSA) is 74.5 Å². The van der Waals surface area contributed by atoms with E-state index in [1.807, 2.05) is 25.3 Å². The number of piperidine rings is 1. The lowest BCUT2D eigenvalue weighted by molar-refractivity contribution is 0.0853. The normalized spacial score (nSPS) is 21.4. The zero-order valence-electron chi connectivity index (χ0n) is 25.2. The molecule has 3 aromatic rings. The number of allylic oxidation sites excluding steroid dienone is 1. The van der Waals surface area contributed by atoms with Gasteiger partial charge in [-0.2, -0.15) is 0 Å². The molecule has 0 aliphatic carbocycles. The second-order valence-corrected chi connectivity index (χ2v) is 12.2. The molecule has 1 aromatic carbocycles. The molecule has 2 fully saturated rings. The summed E-state index contributed by atoms with van der Waals surface area (Å²) in [6.45, 7) is 14.0. The highest BCUT2D eigenvalue weighted by atomic mass is 19.1. The second kappa shape index (κ2) is 12.2. The van der Waals surface area contributed by atoms with E-state index in [9.17, 15) is 4.39 Å². The van der Waals surface area contributed by atoms with Crippen LogP contribution in [-0.4, -0.2) is 74.3 Å². The molecule has 5 heterocycles. The molecule has 3 aliphatic heterocycles. The Morgan fingerprint density at radius 2 is 1.79 bits per heavy atom. The summed E-state index contributed by atoms with van der Waals surface area (Å²) in [5.41, 5.74) is 1.27. The summed E-state index contributed by atoms with van der Waals surface area (Å²) in [5, 5.41) is 3.17. The van der Waals surface area contributed by atoms with E-state index in [1.165, 1.54) is 57.9 Å². The van der Waals surface area contributed by atoms with Crippen LogP contribution in [0.3, 0.4) is 0 Å². The fourth-order valence-electron chi connectivity index (χ4n) is 7.22. The highest BCUT2D eigenvalue weighted by Gasteiger charge is 2.36. The van der Waals surface area contributed by atoms with Crippen LogP contribution in [0.2, 0.25) is 0 Å². The summed E-state index contributed by atoms with van der Waals surface area (Å²) >= 11 is 0. The van der Waals surface area contributed by atoms with Crippen LogP contribution < -0.4 is 5.32 Å². The van der Waals surface area contributed by atoms with Gasteiger partial charge in [-0.05, 0) is 110 Å². The van der Waals surface area contributed by atoms with E-state index < -0.39 is 11.6 Å². The molecule has 0 saturated carbocycles. The number of halogens is 2. The number of rotatable bonds is 8. The van der Waals surface area contributed by atoms with Crippen LogP contribution >= 0.6 is 0 Å². The van der Waals surface area contributed by atoms with E-state index in [0.29, 0.717) is 40.6 Å². The van der Waals surface area contributed by atoms with Crippen LogP contribution in [0, 0.1) is 30.4 Å². The average molecular weight is 577 g/mol. The van der Waals surface area contributed by atoms with Gasteiger partial charge in [-0.15, -0.1) is 0 Å². The minimum atomic E-state index is -0.615. The SMILES string of the molecule is CCN1CCC(C(C2C=NC(Nc3ncc(F)c(-c4cc(F)c5nc(C)n(C(C)C)c5c4)n3)=CC2)N2CCCC2)CC1. The number of fused-ring (bicyclic) bond motifs is 1. The van der Waals surface area contributed by atoms with Gasteiger partial charge in [-0.3, -0.25) is 4.90 Å². The smallest absolute Gasteiger partial charge is 0.229 e. The minimum Gasteiger partial charge on any atom is -0.326 e. The Labute approximate surface area is 247 Å². The van der Waals surface area contributed by atoms with E-state index in [-0.39, 0.29) is 23.2 Å². The van der Waals surface area contributed by atoms with E-state index in [4.69, 9.17) is 4.99 Å². The number of anilines is 1. The third-order valence-corrected chi connectivity index (χ3v) is 9.25. The van der Waals surface area contributed by atoms with Crippen molar-refractivity contribution in [2.75, 3.05) is 38.0 Å². The number of imidazole rings is 1. The molecule has 2 atom stereocenters. The zero-order chi connectivity index (χ0) is 29.4. The van der Waals surface area contributed by atoms with Crippen molar-refractivity contribution in [3.8, 4) is 11.3 Å². The Morgan fingerprint density at radius 3 is 2.45 bits per heavy atom. The van der Waals surface area contributed by atoms with Crippen molar-refractivity contribution >= 4 is 23.2 Å². The summed E-state index contributed by atoms with van der Waals surface area (Å²) in [6.07, 6.45) is 11.2. The molecule has 0 spiro atoms. The van der Waals surface area contributed by atoms with Gasteiger partial charge < -0.3 is 14.8 Å². The molecule has 42 heavy (non-hydrogen) atoms. The predicted molar refractivity (Wildman–Crippen MR) is 164 cm³/mol. The van der Waals surface area contributed by atoms with Crippen LogP contribution in [0.25, 0.3) is 22.3 Å². The van der Waals surface area contributed by atoms with E-state index >= 15 is 4.39 Å². The number of aliphatic imine (C=N–C) groups is 1. The number of aryl methyl sites for hydroxylation is 1. The van der Waals surface area contributed by atoms with Crippen molar-refractivity contribution in [1.82, 2.24) is 29.3 Å². The Bertz CT molecular complexity index is 1480. The number of hydrogen-bond donors (Lipinski definition) is 1. The summed E-state index contributed by atoms with van der Waals surface area (Å²) in [6, 6.07) is 3.63. The van der Waals surface area contributed by atoms with Crippen molar-refractivity contribution in [3.63, 3.8) is 0 Å². The first-order valence-corrected chi connectivity index (χ1v) is 15.5. The van der Waals surface area contributed by atoms with Gasteiger partial charge in [-0.1, -0.05) is 6.92 Å². The number of hydrogen-bond acceptors (Lipinski definition) is 7. The van der Waals surface area contributed by atoms with E-state index in [1.54, 1.807) is 6.07 Å². The van der Waals surface area contributed by atoms with Crippen molar-refractivity contribution in [2.24, 2.45) is 16.8 Å². The number of benzene rings is 1. The van der Waals surface area contributed by atoms with Gasteiger partial charge in [0.2, 0.25) is 5.95 Å². The Kier molecular flexibility index (Phi) is 8.36. The quantitative estimate of drug-likeness (QED) is 0.344. The standard InChI is InChI=1S/C32H42F2N8/c1-5-40-14-10-22(11-15-40)31(41-12-6-7-13-41)23-8-9-28(35-18-23)38-32-36-19-26(34)29(39-32)24-16-25(33)30-27(17-24)42(20(2)3)21(4)37-30/h9,16-20,22-23,31H,5-8,10-15H2,1-4H3,(H,36,38,39). The fraction of sp³-hybridized carbons (Fsp3) is 0.562. The average Bonchev–Trinajstić information content (AvgIpc) is 3.63. The summed E-state index contributed by atoms with van der Waals surface area (Å²) in [4.78, 5) is 23.0. The van der Waals surface area contributed by atoms with Gasteiger partial charge in [0.05, 0.1) is 11.7 Å². The number of likely N-dealkylation sites (tertiary alicyclic amines) is 2. The third-order valence-electron chi connectivity index (χ3n) is 9.25. The molecular weight excluding hydrogens is 534 g/mol. The lowest BCUT2D eigenvalue weighted by atomic mass is 9.79. The molecule has 6 rings (SSSR count). The molecule has 2 aromatic heterocycles. The molecule has 3 aliphatic rings. The van der Waals surface area contributed by atoms with Crippen LogP contribution in [0.15, 0.2) is 35.2 Å². The van der Waals surface area contributed by atoms with Crippen LogP contribution in [-0.2, 0) is 0 Å². The van der Waals surface area contributed by atoms with Gasteiger partial charge in [0, 0.05) is 29.8 Å². The van der Waals surface area contributed by atoms with E-state index in [0.717, 1.165) is 19.2 Å². The number of nitrogens with zero attached hydrogens (tertiary/aromatic N) is 7. The molecular formula is C32H42F2N8. The maximum atomic E-state index is 15.1. The molecule has 2 unspecified atom stereocenters. The molecule has 0 radical (unpaired) electrons. The van der Waals surface area contributed by atoms with Gasteiger partial charge in [-0.25, -0.2) is 28.7 Å². The molecule has 224 valence electrons. The first-order valence-electron chi connectivity index (χ1n) is 15.5. The molecule has 0 amide bonds. The maximum Gasteiger partial charge on any atom is 0.229 e. The lowest BCUT2D eigenvalue weighted by Gasteiger charge is -2.43. The van der Waals surface area contributed by atoms with Crippen LogP contribution in [0.4, 0.5) is 14.7 Å². The van der Waals surface area contributed by atoms with Gasteiger partial charge >= 0.3 is 0 Å². The highest BCUT2D eigenvalue weighted by Crippen LogP contribution is 2.34. The van der Waals surface area contributed by atoms with Gasteiger partial charge in [0.1, 0.15) is 22.9 Å². The zero-order valence-corrected chi connectivity index (χ0v) is 25.2. The number of nitrogens with one attached hydrogen (secondary N) is 1. The summed E-state index contributed by atoms with van der Waals surface area (Å²) in [7, 11) is 0. The van der Waals surface area contributed by atoms with Crippen LogP contribution in [0.5, 0.6) is 0 Å². The first kappa shape index (κ1) is 28.9. The minimum absolute atomic E-state index is 0.0354. The van der Waals surface area contributed by atoms with Crippen molar-refractivity contribution in [3.05, 3.63) is 47.7 Å². The Hall–Kier alpha value is -3.24. The summed E-state index contributed by atoms with van der Waals surface area (Å²) < 4.78 is 32.0. The molecule has 8 nitrogen and oxygen atoms in total. The van der Waals surface area contributed by atoms with Crippen molar-refractivity contribution in [1.29, 1.82) is 0 Å². The van der Waals surface area contributed by atoms with Crippen LogP contribution in [0.1, 0.15) is 64.7 Å². The lowest BCUT2D eigenvalue weighted by Crippen LogP contribution is -2.49. The van der Waals surface area contributed by atoms with Gasteiger partial charge in [0.15, 0.2) is 11.6 Å². The van der Waals surface area contributed by atoms with Crippen molar-refractivity contribution < 1.29 is 8.78 Å². The molecule has 1 N–H and O–H groups in total. The third kappa shape index (κ3) is 5.71. The summed E-state index contributed by atoms with van der Waals surface area (Å²) in [5.74, 6) is 1.51. The van der Waals surface area contributed by atoms with E-state index in [2.05, 4.69) is 49.3 Å². The first-order chi connectivity index (χ1) is 20.3. The molecule has 0 bridgehead atoms. The van der Waals surface area contributed by atoms with Crippen molar-refractivity contribution in [2.45, 2.75) is 71.9 Å². The monoisotopic (exact) mass is 576 g/mol.